The molecule has 0 aliphatic rings. The van der Waals surface area contributed by atoms with Crippen LogP contribution in [0.2, 0.25) is 0 Å². The third kappa shape index (κ3) is 3.62. The van der Waals surface area contributed by atoms with E-state index in [2.05, 4.69) is 31.4 Å². The number of hydrogen-bond acceptors (Lipinski definition) is 4. The number of hydrogen-bond donors (Lipinski definition) is 2. The highest BCUT2D eigenvalue weighted by Crippen LogP contribution is 2.21. The Hall–Kier alpha value is -2.21. The summed E-state index contributed by atoms with van der Waals surface area (Å²) in [6, 6.07) is 8.17. The van der Waals surface area contributed by atoms with E-state index in [1.165, 1.54) is 18.3 Å². The van der Waals surface area contributed by atoms with Gasteiger partial charge in [-0.15, -0.1) is 0 Å². The number of phenols is 1. The highest BCUT2D eigenvalue weighted by Gasteiger charge is 2.10. The molecule has 19 heavy (non-hydrogen) atoms. The molecule has 2 rings (SSSR count). The summed E-state index contributed by atoms with van der Waals surface area (Å²) >= 11 is 3.23. The van der Waals surface area contributed by atoms with Crippen molar-refractivity contribution >= 4 is 28.1 Å². The Kier molecular flexibility index (Phi) is 4.25. The first-order chi connectivity index (χ1) is 9.16. The van der Waals surface area contributed by atoms with Gasteiger partial charge in [-0.1, -0.05) is 22.0 Å². The van der Waals surface area contributed by atoms with E-state index in [9.17, 15) is 9.90 Å². The molecule has 5 nitrogen and oxygen atoms in total. The average molecular weight is 320 g/mol. The fourth-order valence-corrected chi connectivity index (χ4v) is 1.73. The Morgan fingerprint density at radius 1 is 1.42 bits per heavy atom. The van der Waals surface area contributed by atoms with Crippen LogP contribution in [0.25, 0.3) is 0 Å². The summed E-state index contributed by atoms with van der Waals surface area (Å²) in [5.41, 5.74) is 3.25. The second-order valence-electron chi connectivity index (χ2n) is 3.65. The van der Waals surface area contributed by atoms with Crippen LogP contribution in [0.1, 0.15) is 15.9 Å². The van der Waals surface area contributed by atoms with Gasteiger partial charge in [0.25, 0.3) is 5.91 Å². The van der Waals surface area contributed by atoms with E-state index < -0.39 is 5.91 Å². The summed E-state index contributed by atoms with van der Waals surface area (Å²) in [4.78, 5) is 15.7. The molecule has 0 radical (unpaired) electrons. The number of pyridine rings is 1. The molecule has 0 saturated heterocycles. The molecule has 0 bridgehead atoms. The monoisotopic (exact) mass is 319 g/mol. The molecule has 1 aromatic heterocycles. The molecule has 2 N–H and O–H groups in total. The van der Waals surface area contributed by atoms with Gasteiger partial charge in [-0.3, -0.25) is 9.78 Å². The summed E-state index contributed by atoms with van der Waals surface area (Å²) in [5.74, 6) is -0.587. The second-order valence-corrected chi connectivity index (χ2v) is 4.56. The normalized spacial score (nSPS) is 10.6. The van der Waals surface area contributed by atoms with Gasteiger partial charge in [0.15, 0.2) is 0 Å². The molecule has 1 amide bonds. The van der Waals surface area contributed by atoms with Gasteiger partial charge in [0.1, 0.15) is 5.75 Å². The maximum atomic E-state index is 11.8. The topological polar surface area (TPSA) is 74.6 Å². The summed E-state index contributed by atoms with van der Waals surface area (Å²) < 4.78 is 0.701. The number of nitrogens with one attached hydrogen (secondary N) is 1. The van der Waals surface area contributed by atoms with Crippen molar-refractivity contribution in [1.82, 2.24) is 10.4 Å². The first-order valence-electron chi connectivity index (χ1n) is 5.39. The number of carbonyl (C=O) groups is 1. The minimum absolute atomic E-state index is 0.0997. The summed E-state index contributed by atoms with van der Waals surface area (Å²) in [6.07, 6.45) is 4.74. The van der Waals surface area contributed by atoms with Crippen LogP contribution in [0.3, 0.4) is 0 Å². The number of nitrogens with zero attached hydrogens (tertiary/aromatic N) is 2. The van der Waals surface area contributed by atoms with Crippen molar-refractivity contribution in [3.05, 3.63) is 58.3 Å². The van der Waals surface area contributed by atoms with Crippen molar-refractivity contribution in [2.75, 3.05) is 0 Å². The number of amides is 1. The fourth-order valence-electron chi connectivity index (χ4n) is 1.37. The lowest BCUT2D eigenvalue weighted by atomic mass is 10.2. The average Bonchev–Trinajstić information content (AvgIpc) is 2.42. The van der Waals surface area contributed by atoms with Crippen LogP contribution in [-0.2, 0) is 0 Å². The fraction of sp³-hybridized carbons (Fsp3) is 0. The predicted molar refractivity (Wildman–Crippen MR) is 75.1 cm³/mol. The second kappa shape index (κ2) is 6.10. The van der Waals surface area contributed by atoms with Crippen molar-refractivity contribution in [2.24, 2.45) is 5.10 Å². The van der Waals surface area contributed by atoms with Gasteiger partial charge in [-0.25, -0.2) is 5.43 Å². The predicted octanol–water partition coefficient (Wildman–Crippen LogP) is 2.31. The van der Waals surface area contributed by atoms with E-state index in [0.717, 1.165) is 5.56 Å². The van der Waals surface area contributed by atoms with Crippen LogP contribution in [0.5, 0.6) is 5.75 Å². The number of hydrazone groups is 1. The van der Waals surface area contributed by atoms with Gasteiger partial charge in [0, 0.05) is 22.4 Å². The molecule has 0 unspecified atom stereocenters. The molecule has 0 saturated carbocycles. The van der Waals surface area contributed by atoms with Gasteiger partial charge in [-0.2, -0.15) is 5.10 Å². The Balaban J connectivity index is 2.06. The molecule has 1 heterocycles. The number of benzene rings is 1. The number of carbonyl (C=O) groups excluding carboxylic acids is 1. The molecule has 0 aliphatic heterocycles. The van der Waals surface area contributed by atoms with E-state index in [1.807, 2.05) is 0 Å². The van der Waals surface area contributed by atoms with Gasteiger partial charge in [0.2, 0.25) is 0 Å². The zero-order valence-corrected chi connectivity index (χ0v) is 11.3. The highest BCUT2D eigenvalue weighted by atomic mass is 79.9. The van der Waals surface area contributed by atoms with Crippen molar-refractivity contribution in [1.29, 1.82) is 0 Å². The summed E-state index contributed by atoms with van der Waals surface area (Å²) in [7, 11) is 0. The maximum absolute atomic E-state index is 11.8. The number of halogens is 1. The minimum Gasteiger partial charge on any atom is -0.507 e. The molecule has 0 atom stereocenters. The Bertz CT molecular complexity index is 615. The first kappa shape index (κ1) is 13.2. The first-order valence-corrected chi connectivity index (χ1v) is 6.18. The van der Waals surface area contributed by atoms with E-state index in [1.54, 1.807) is 30.6 Å². The lowest BCUT2D eigenvalue weighted by Gasteiger charge is -2.03. The smallest absolute Gasteiger partial charge is 0.275 e. The van der Waals surface area contributed by atoms with E-state index in [4.69, 9.17) is 0 Å². The lowest BCUT2D eigenvalue weighted by molar-refractivity contribution is 0.0952. The molecule has 96 valence electrons. The zero-order chi connectivity index (χ0) is 13.7. The molecule has 6 heteroatoms. The van der Waals surface area contributed by atoms with Crippen LogP contribution in [-0.4, -0.2) is 22.2 Å². The van der Waals surface area contributed by atoms with Crippen LogP contribution >= 0.6 is 15.9 Å². The lowest BCUT2D eigenvalue weighted by Crippen LogP contribution is -2.17. The molecule has 1 aromatic carbocycles. The summed E-state index contributed by atoms with van der Waals surface area (Å²) in [5, 5.41) is 13.4. The number of rotatable bonds is 3. The molecule has 0 fully saturated rings. The quantitative estimate of drug-likeness (QED) is 0.673. The standard InChI is InChI=1S/C13H10BrN3O2/c14-10-3-4-12(18)11(6-10)13(19)17-16-8-9-2-1-5-15-7-9/h1-8,18H,(H,17,19)/b16-8-. The van der Waals surface area contributed by atoms with Gasteiger partial charge < -0.3 is 5.11 Å². The van der Waals surface area contributed by atoms with Crippen LogP contribution in [0, 0.1) is 0 Å². The Labute approximate surface area is 118 Å². The third-order valence-corrected chi connectivity index (χ3v) is 2.76. The molecule has 2 aromatic rings. The largest absolute Gasteiger partial charge is 0.507 e. The van der Waals surface area contributed by atoms with E-state index >= 15 is 0 Å². The minimum atomic E-state index is -0.487. The Morgan fingerprint density at radius 3 is 3.00 bits per heavy atom. The summed E-state index contributed by atoms with van der Waals surface area (Å²) in [6.45, 7) is 0. The SMILES string of the molecule is O=C(N/N=C\c1cccnc1)c1cc(Br)ccc1O. The number of aromatic hydroxyl groups is 1. The van der Waals surface area contributed by atoms with E-state index in [-0.39, 0.29) is 11.3 Å². The maximum Gasteiger partial charge on any atom is 0.275 e. The Morgan fingerprint density at radius 2 is 2.26 bits per heavy atom. The van der Waals surface area contributed by atoms with Crippen LogP contribution in [0.15, 0.2) is 52.3 Å². The molecular weight excluding hydrogens is 310 g/mol. The number of phenolic OH excluding ortho intramolecular Hbond substituents is 1. The van der Waals surface area contributed by atoms with E-state index in [0.29, 0.717) is 4.47 Å². The number of aromatic nitrogens is 1. The van der Waals surface area contributed by atoms with Crippen molar-refractivity contribution in [2.45, 2.75) is 0 Å². The molecule has 0 aliphatic carbocycles. The van der Waals surface area contributed by atoms with Crippen LogP contribution < -0.4 is 5.43 Å². The van der Waals surface area contributed by atoms with Crippen LogP contribution in [0.4, 0.5) is 0 Å². The van der Waals surface area contributed by atoms with Gasteiger partial charge in [-0.05, 0) is 24.3 Å². The van der Waals surface area contributed by atoms with Crippen molar-refractivity contribution < 1.29 is 9.90 Å². The third-order valence-electron chi connectivity index (χ3n) is 2.27. The molecule has 0 spiro atoms. The van der Waals surface area contributed by atoms with Gasteiger partial charge >= 0.3 is 0 Å². The van der Waals surface area contributed by atoms with Crippen molar-refractivity contribution in [3.63, 3.8) is 0 Å². The zero-order valence-electron chi connectivity index (χ0n) is 9.75. The highest BCUT2D eigenvalue weighted by molar-refractivity contribution is 9.10. The van der Waals surface area contributed by atoms with Crippen molar-refractivity contribution in [3.8, 4) is 5.75 Å². The molecular formula is C13H10BrN3O2. The van der Waals surface area contributed by atoms with Gasteiger partial charge in [0.05, 0.1) is 11.8 Å².